The largest absolute Gasteiger partial charge is 0.416 e. The van der Waals surface area contributed by atoms with E-state index in [0.29, 0.717) is 16.8 Å². The Morgan fingerprint density at radius 1 is 1.06 bits per heavy atom. The fourth-order valence-corrected chi connectivity index (χ4v) is 5.67. The number of hydrogen-bond acceptors (Lipinski definition) is 5. The van der Waals surface area contributed by atoms with E-state index in [9.17, 15) is 26.4 Å². The first-order valence-electron chi connectivity index (χ1n) is 9.08. The topological polar surface area (TPSA) is 75.3 Å². The van der Waals surface area contributed by atoms with E-state index in [1.807, 2.05) is 18.4 Å². The molecule has 5 nitrogen and oxygen atoms in total. The highest BCUT2D eigenvalue weighted by atomic mass is 32.2. The molecule has 0 unspecified atom stereocenters. The van der Waals surface area contributed by atoms with Gasteiger partial charge in [0, 0.05) is 21.8 Å². The number of hydrogen-bond donors (Lipinski definition) is 2. The van der Waals surface area contributed by atoms with Gasteiger partial charge in [0.1, 0.15) is 0 Å². The predicted molar refractivity (Wildman–Crippen MR) is 121 cm³/mol. The fourth-order valence-electron chi connectivity index (χ4n) is 3.08. The number of benzene rings is 2. The number of alkyl halides is 3. The summed E-state index contributed by atoms with van der Waals surface area (Å²) in [5.74, 6) is -0.343. The van der Waals surface area contributed by atoms with Crippen molar-refractivity contribution in [2.24, 2.45) is 0 Å². The molecule has 0 saturated carbocycles. The molecule has 4 rings (SSSR count). The number of carbonyl (C=O) groups is 1. The van der Waals surface area contributed by atoms with Gasteiger partial charge in [-0.2, -0.15) is 13.2 Å². The Labute approximate surface area is 190 Å². The molecule has 2 heterocycles. The van der Waals surface area contributed by atoms with Crippen molar-refractivity contribution >= 4 is 62.1 Å². The van der Waals surface area contributed by atoms with Crippen LogP contribution in [0.5, 0.6) is 0 Å². The molecule has 1 aliphatic heterocycles. The van der Waals surface area contributed by atoms with Crippen molar-refractivity contribution in [3.05, 3.63) is 70.6 Å². The molecule has 0 radical (unpaired) electrons. The first kappa shape index (κ1) is 22.4. The van der Waals surface area contributed by atoms with Crippen molar-refractivity contribution in [3.63, 3.8) is 0 Å². The summed E-state index contributed by atoms with van der Waals surface area (Å²) in [6, 6.07) is 11.7. The second-order valence-electron chi connectivity index (χ2n) is 6.76. The Bertz CT molecular complexity index is 1330. The summed E-state index contributed by atoms with van der Waals surface area (Å²) < 4.78 is 67.1. The number of fused-ring (bicyclic) bond motifs is 1. The van der Waals surface area contributed by atoms with E-state index in [-0.39, 0.29) is 16.5 Å². The van der Waals surface area contributed by atoms with E-state index < -0.39 is 21.8 Å². The summed E-state index contributed by atoms with van der Waals surface area (Å²) in [5.41, 5.74) is 0.365. The number of halogens is 3. The molecule has 2 aromatic carbocycles. The number of amides is 1. The van der Waals surface area contributed by atoms with Gasteiger partial charge < -0.3 is 5.32 Å². The van der Waals surface area contributed by atoms with Crippen LogP contribution in [-0.4, -0.2) is 20.6 Å². The Morgan fingerprint density at radius 2 is 1.78 bits per heavy atom. The maximum Gasteiger partial charge on any atom is 0.416 e. The molecule has 32 heavy (non-hydrogen) atoms. The average molecular weight is 497 g/mol. The van der Waals surface area contributed by atoms with Gasteiger partial charge in [0.05, 0.1) is 20.2 Å². The lowest BCUT2D eigenvalue weighted by atomic mass is 10.1. The van der Waals surface area contributed by atoms with Gasteiger partial charge >= 0.3 is 6.18 Å². The molecule has 1 aromatic heterocycles. The molecule has 0 spiro atoms. The second kappa shape index (κ2) is 8.30. The smallest absolute Gasteiger partial charge is 0.321 e. The Morgan fingerprint density at radius 3 is 2.41 bits per heavy atom. The van der Waals surface area contributed by atoms with Crippen LogP contribution in [0.25, 0.3) is 11.6 Å². The van der Waals surface area contributed by atoms with E-state index >= 15 is 0 Å². The van der Waals surface area contributed by atoms with Gasteiger partial charge in [-0.3, -0.25) is 9.52 Å². The number of rotatable bonds is 5. The summed E-state index contributed by atoms with van der Waals surface area (Å²) in [5, 5.41) is 2.71. The van der Waals surface area contributed by atoms with Crippen LogP contribution in [0.1, 0.15) is 16.0 Å². The first-order valence-corrected chi connectivity index (χ1v) is 12.6. The number of nitrogens with one attached hydrogen (secondary N) is 2. The number of thioether (sulfide) groups is 1. The molecule has 2 N–H and O–H groups in total. The minimum absolute atomic E-state index is 0.00774. The fraction of sp³-hybridized carbons (Fsp3) is 0.0952. The van der Waals surface area contributed by atoms with Crippen molar-refractivity contribution in [1.29, 1.82) is 0 Å². The van der Waals surface area contributed by atoms with Crippen molar-refractivity contribution < 1.29 is 26.4 Å². The lowest BCUT2D eigenvalue weighted by Crippen LogP contribution is -2.13. The maximum absolute atomic E-state index is 12.8. The van der Waals surface area contributed by atoms with Crippen molar-refractivity contribution in [3.8, 4) is 0 Å². The van der Waals surface area contributed by atoms with E-state index in [1.165, 1.54) is 29.5 Å². The van der Waals surface area contributed by atoms with Gasteiger partial charge in [0.15, 0.2) is 0 Å². The molecule has 0 fully saturated rings. The minimum Gasteiger partial charge on any atom is -0.321 e. The van der Waals surface area contributed by atoms with Crippen LogP contribution in [-0.2, 0) is 21.0 Å². The van der Waals surface area contributed by atoms with Crippen LogP contribution in [0.4, 0.5) is 24.5 Å². The van der Waals surface area contributed by atoms with Crippen molar-refractivity contribution in [2.75, 3.05) is 16.3 Å². The zero-order valence-corrected chi connectivity index (χ0v) is 18.8. The Balaban J connectivity index is 1.64. The standard InChI is InChI=1S/C21H15F3N2O3S3/c1-30-19-9-6-14(31-19)10-17-16-11-15(7-8-18(16)25-20(17)27)32(28,29)26-13-4-2-12(3-5-13)21(22,23)24/h2-11,26H,1H3,(H,25,27). The monoisotopic (exact) mass is 496 g/mol. The molecular formula is C21H15F3N2O3S3. The lowest BCUT2D eigenvalue weighted by Gasteiger charge is -2.11. The van der Waals surface area contributed by atoms with Crippen LogP contribution in [0, 0.1) is 0 Å². The normalized spacial score (nSPS) is 15.0. The van der Waals surface area contributed by atoms with E-state index in [4.69, 9.17) is 0 Å². The van der Waals surface area contributed by atoms with Crippen LogP contribution < -0.4 is 10.0 Å². The van der Waals surface area contributed by atoms with E-state index in [2.05, 4.69) is 10.0 Å². The second-order valence-corrected chi connectivity index (χ2v) is 10.7. The van der Waals surface area contributed by atoms with Crippen LogP contribution in [0.2, 0.25) is 0 Å². The molecule has 1 amide bonds. The molecule has 0 bridgehead atoms. The molecule has 11 heteroatoms. The van der Waals surface area contributed by atoms with E-state index in [1.54, 1.807) is 17.8 Å². The number of thiophene rings is 1. The van der Waals surface area contributed by atoms with Crippen LogP contribution in [0.15, 0.2) is 63.7 Å². The zero-order valence-electron chi connectivity index (χ0n) is 16.4. The average Bonchev–Trinajstić information content (AvgIpc) is 3.31. The van der Waals surface area contributed by atoms with Gasteiger partial charge in [0.2, 0.25) is 0 Å². The third-order valence-corrected chi connectivity index (χ3v) is 8.13. The third kappa shape index (κ3) is 4.54. The minimum atomic E-state index is -4.52. The third-order valence-electron chi connectivity index (χ3n) is 4.64. The summed E-state index contributed by atoms with van der Waals surface area (Å²) in [4.78, 5) is 13.2. The highest BCUT2D eigenvalue weighted by Gasteiger charge is 2.30. The molecular weight excluding hydrogens is 481 g/mol. The molecule has 0 atom stereocenters. The highest BCUT2D eigenvalue weighted by Crippen LogP contribution is 2.37. The summed E-state index contributed by atoms with van der Waals surface area (Å²) in [6.07, 6.45) is -0.870. The molecule has 1 aliphatic rings. The summed E-state index contributed by atoms with van der Waals surface area (Å²) >= 11 is 3.09. The van der Waals surface area contributed by atoms with Gasteiger partial charge in [-0.05, 0) is 66.9 Å². The summed E-state index contributed by atoms with van der Waals surface area (Å²) in [7, 11) is -4.10. The summed E-state index contributed by atoms with van der Waals surface area (Å²) in [6.45, 7) is 0. The van der Waals surface area contributed by atoms with E-state index in [0.717, 1.165) is 33.4 Å². The van der Waals surface area contributed by atoms with Gasteiger partial charge in [-0.15, -0.1) is 23.1 Å². The SMILES string of the molecule is CSc1ccc(C=C2C(=O)Nc3ccc(S(=O)(=O)Nc4ccc(C(F)(F)F)cc4)cc32)s1. The van der Waals surface area contributed by atoms with Crippen molar-refractivity contribution in [1.82, 2.24) is 0 Å². The maximum atomic E-state index is 12.8. The first-order chi connectivity index (χ1) is 15.1. The van der Waals surface area contributed by atoms with Crippen molar-refractivity contribution in [2.45, 2.75) is 15.3 Å². The van der Waals surface area contributed by atoms with Gasteiger partial charge in [0.25, 0.3) is 15.9 Å². The quantitative estimate of drug-likeness (QED) is 0.347. The zero-order chi connectivity index (χ0) is 23.1. The number of carbonyl (C=O) groups excluding carboxylic acids is 1. The number of sulfonamides is 1. The molecule has 3 aromatic rings. The Kier molecular flexibility index (Phi) is 5.82. The molecule has 166 valence electrons. The van der Waals surface area contributed by atoms with Gasteiger partial charge in [-0.1, -0.05) is 0 Å². The highest BCUT2D eigenvalue weighted by molar-refractivity contribution is 8.00. The Hall–Kier alpha value is -2.76. The van der Waals surface area contributed by atoms with Crippen LogP contribution >= 0.6 is 23.1 Å². The predicted octanol–water partition coefficient (Wildman–Crippen LogP) is 5.78. The lowest BCUT2D eigenvalue weighted by molar-refractivity contribution is -0.137. The molecule has 0 aliphatic carbocycles. The van der Waals surface area contributed by atoms with Crippen LogP contribution in [0.3, 0.4) is 0 Å². The van der Waals surface area contributed by atoms with Gasteiger partial charge in [-0.25, -0.2) is 8.42 Å². The number of anilines is 2. The molecule has 0 saturated heterocycles.